The molecule has 0 amide bonds. The second-order valence-corrected chi connectivity index (χ2v) is 5.98. The Balaban J connectivity index is 2.13. The largest absolute Gasteiger partial charge is 0.504 e. The third kappa shape index (κ3) is 2.62. The number of rotatable bonds is 3. The van der Waals surface area contributed by atoms with E-state index < -0.39 is 11.3 Å². The highest BCUT2D eigenvalue weighted by Crippen LogP contribution is 2.42. The van der Waals surface area contributed by atoms with Gasteiger partial charge in [0.15, 0.2) is 28.6 Å². The molecule has 28 heavy (non-hydrogen) atoms. The molecule has 0 aliphatic heterocycles. The smallest absolute Gasteiger partial charge is 0.344 e. The van der Waals surface area contributed by atoms with Crippen LogP contribution in [0.3, 0.4) is 0 Å². The monoisotopic (exact) mass is 382 g/mol. The first-order valence-corrected chi connectivity index (χ1v) is 8.12. The lowest BCUT2D eigenvalue weighted by Gasteiger charge is -2.12. The number of hydrogen-bond donors (Lipinski definition) is 2. The molecular formula is C20H14O8. The number of benzene rings is 2. The van der Waals surface area contributed by atoms with Crippen molar-refractivity contribution in [3.05, 3.63) is 57.2 Å². The van der Waals surface area contributed by atoms with Crippen molar-refractivity contribution in [2.75, 3.05) is 14.2 Å². The van der Waals surface area contributed by atoms with Gasteiger partial charge in [-0.2, -0.15) is 0 Å². The molecule has 0 aliphatic carbocycles. The molecule has 2 aromatic carbocycles. The van der Waals surface area contributed by atoms with Gasteiger partial charge in [-0.15, -0.1) is 0 Å². The first-order valence-electron chi connectivity index (χ1n) is 8.12. The van der Waals surface area contributed by atoms with Gasteiger partial charge in [0.2, 0.25) is 0 Å². The van der Waals surface area contributed by atoms with Crippen LogP contribution in [-0.4, -0.2) is 24.4 Å². The van der Waals surface area contributed by atoms with E-state index in [-0.39, 0.29) is 45.3 Å². The molecule has 8 nitrogen and oxygen atoms in total. The number of aromatic hydroxyl groups is 2. The van der Waals surface area contributed by atoms with Crippen LogP contribution in [0.4, 0.5) is 0 Å². The average molecular weight is 382 g/mol. The minimum atomic E-state index is -0.798. The SMILES string of the molecule is COc1cc2cc(-c3c(O)c(OC)cc4ccc(=O)oc34)c(=O)oc2cc1O. The fraction of sp³-hybridized carbons (Fsp3) is 0.100. The molecule has 0 bridgehead atoms. The number of phenolic OH excluding ortho intramolecular Hbond substituents is 2. The molecule has 2 heterocycles. The Morgan fingerprint density at radius 3 is 2.29 bits per heavy atom. The van der Waals surface area contributed by atoms with E-state index in [0.717, 1.165) is 0 Å². The Morgan fingerprint density at radius 1 is 0.857 bits per heavy atom. The maximum absolute atomic E-state index is 12.6. The summed E-state index contributed by atoms with van der Waals surface area (Å²) in [7, 11) is 2.75. The normalized spacial score (nSPS) is 11.1. The summed E-state index contributed by atoms with van der Waals surface area (Å²) in [5, 5.41) is 21.4. The van der Waals surface area contributed by atoms with Gasteiger partial charge in [-0.1, -0.05) is 0 Å². The van der Waals surface area contributed by atoms with E-state index in [0.29, 0.717) is 10.8 Å². The standard InChI is InChI=1S/C20H14O8/c1-25-14-7-10-5-11(20(24)27-13(10)8-12(14)21)17-18(23)15(26-2)6-9-3-4-16(22)28-19(9)17/h3-8,21,23H,1-2H3. The van der Waals surface area contributed by atoms with Crippen LogP contribution in [-0.2, 0) is 0 Å². The Kier molecular flexibility index (Phi) is 3.96. The van der Waals surface area contributed by atoms with E-state index >= 15 is 0 Å². The van der Waals surface area contributed by atoms with Crippen molar-refractivity contribution in [2.45, 2.75) is 0 Å². The molecule has 0 unspecified atom stereocenters. The summed E-state index contributed by atoms with van der Waals surface area (Å²) in [6.07, 6.45) is 0. The summed E-state index contributed by atoms with van der Waals surface area (Å²) in [6.45, 7) is 0. The molecular weight excluding hydrogens is 368 g/mol. The molecule has 4 aromatic rings. The van der Waals surface area contributed by atoms with Gasteiger partial charge in [-0.05, 0) is 24.3 Å². The third-order valence-electron chi connectivity index (χ3n) is 4.37. The van der Waals surface area contributed by atoms with Crippen molar-refractivity contribution in [1.29, 1.82) is 0 Å². The number of fused-ring (bicyclic) bond motifs is 2. The van der Waals surface area contributed by atoms with Gasteiger partial charge in [0.1, 0.15) is 5.58 Å². The van der Waals surface area contributed by atoms with Crippen molar-refractivity contribution in [3.8, 4) is 34.1 Å². The molecule has 0 saturated carbocycles. The summed E-state index contributed by atoms with van der Waals surface area (Å²) >= 11 is 0. The maximum atomic E-state index is 12.6. The first-order chi connectivity index (χ1) is 13.4. The summed E-state index contributed by atoms with van der Waals surface area (Å²) in [6, 6.07) is 8.38. The van der Waals surface area contributed by atoms with E-state index in [1.807, 2.05) is 0 Å². The van der Waals surface area contributed by atoms with Crippen LogP contribution >= 0.6 is 0 Å². The molecule has 0 spiro atoms. The lowest BCUT2D eigenvalue weighted by atomic mass is 10.0. The van der Waals surface area contributed by atoms with Gasteiger partial charge in [0.25, 0.3) is 0 Å². The van der Waals surface area contributed by atoms with E-state index in [9.17, 15) is 19.8 Å². The van der Waals surface area contributed by atoms with Gasteiger partial charge in [0.05, 0.1) is 25.3 Å². The van der Waals surface area contributed by atoms with Crippen LogP contribution < -0.4 is 20.7 Å². The Hall–Kier alpha value is -3.94. The third-order valence-corrected chi connectivity index (χ3v) is 4.37. The van der Waals surface area contributed by atoms with Crippen LogP contribution in [0.15, 0.2) is 54.8 Å². The Bertz CT molecular complexity index is 1350. The number of ether oxygens (including phenoxy) is 2. The number of hydrogen-bond acceptors (Lipinski definition) is 8. The Labute approximate surface area is 156 Å². The first kappa shape index (κ1) is 17.5. The molecule has 4 rings (SSSR count). The maximum Gasteiger partial charge on any atom is 0.344 e. The van der Waals surface area contributed by atoms with Gasteiger partial charge < -0.3 is 28.5 Å². The quantitative estimate of drug-likeness (QED) is 0.519. The van der Waals surface area contributed by atoms with E-state index in [4.69, 9.17) is 18.3 Å². The van der Waals surface area contributed by atoms with E-state index in [2.05, 4.69) is 0 Å². The zero-order valence-corrected chi connectivity index (χ0v) is 14.8. The van der Waals surface area contributed by atoms with Crippen LogP contribution in [0.1, 0.15) is 0 Å². The molecule has 8 heteroatoms. The summed E-state index contributed by atoms with van der Waals surface area (Å²) in [5.41, 5.74) is -1.38. The topological polar surface area (TPSA) is 119 Å². The van der Waals surface area contributed by atoms with Crippen molar-refractivity contribution in [3.63, 3.8) is 0 Å². The highest BCUT2D eigenvalue weighted by Gasteiger charge is 2.22. The van der Waals surface area contributed by atoms with Crippen molar-refractivity contribution >= 4 is 21.9 Å². The van der Waals surface area contributed by atoms with Gasteiger partial charge in [-0.3, -0.25) is 0 Å². The van der Waals surface area contributed by atoms with Crippen LogP contribution in [0.25, 0.3) is 33.1 Å². The van der Waals surface area contributed by atoms with Crippen LogP contribution in [0.2, 0.25) is 0 Å². The average Bonchev–Trinajstić information content (AvgIpc) is 2.67. The zero-order valence-electron chi connectivity index (χ0n) is 14.8. The van der Waals surface area contributed by atoms with Crippen LogP contribution in [0.5, 0.6) is 23.0 Å². The minimum Gasteiger partial charge on any atom is -0.504 e. The molecule has 0 atom stereocenters. The molecule has 2 N–H and O–H groups in total. The lowest BCUT2D eigenvalue weighted by molar-refractivity contribution is 0.373. The second-order valence-electron chi connectivity index (χ2n) is 5.98. The van der Waals surface area contributed by atoms with Crippen molar-refractivity contribution in [2.24, 2.45) is 0 Å². The van der Waals surface area contributed by atoms with Crippen molar-refractivity contribution in [1.82, 2.24) is 0 Å². The highest BCUT2D eigenvalue weighted by atomic mass is 16.5. The van der Waals surface area contributed by atoms with Crippen LogP contribution in [0, 0.1) is 0 Å². The minimum absolute atomic E-state index is 0.0168. The molecule has 2 aromatic heterocycles. The summed E-state index contributed by atoms with van der Waals surface area (Å²) in [4.78, 5) is 24.4. The second kappa shape index (κ2) is 6.34. The van der Waals surface area contributed by atoms with Gasteiger partial charge in [0, 0.05) is 22.9 Å². The molecule has 0 radical (unpaired) electrons. The zero-order chi connectivity index (χ0) is 20.0. The number of methoxy groups -OCH3 is 2. The van der Waals surface area contributed by atoms with Gasteiger partial charge in [-0.25, -0.2) is 9.59 Å². The van der Waals surface area contributed by atoms with Gasteiger partial charge >= 0.3 is 11.3 Å². The summed E-state index contributed by atoms with van der Waals surface area (Å²) in [5.74, 6) is -0.286. The highest BCUT2D eigenvalue weighted by molar-refractivity contribution is 5.99. The van der Waals surface area contributed by atoms with E-state index in [1.54, 1.807) is 0 Å². The Morgan fingerprint density at radius 2 is 1.57 bits per heavy atom. The predicted octanol–water partition coefficient (Wildman–Crippen LogP) is 2.99. The fourth-order valence-electron chi connectivity index (χ4n) is 3.06. The molecule has 0 saturated heterocycles. The predicted molar refractivity (Wildman–Crippen MR) is 100 cm³/mol. The number of phenols is 2. The molecule has 142 valence electrons. The van der Waals surface area contributed by atoms with Crippen molar-refractivity contribution < 1.29 is 28.5 Å². The fourth-order valence-corrected chi connectivity index (χ4v) is 3.06. The van der Waals surface area contributed by atoms with E-state index in [1.165, 1.54) is 50.6 Å². The molecule has 0 aliphatic rings. The molecule has 0 fully saturated rings. The lowest BCUT2D eigenvalue weighted by Crippen LogP contribution is -2.05. The summed E-state index contributed by atoms with van der Waals surface area (Å²) < 4.78 is 20.8.